The van der Waals surface area contributed by atoms with Crippen molar-refractivity contribution in [2.24, 2.45) is 0 Å². The van der Waals surface area contributed by atoms with E-state index in [1.54, 1.807) is 0 Å². The molecule has 0 aromatic heterocycles. The first-order valence-corrected chi connectivity index (χ1v) is 5.96. The number of carbonyl (C=O) groups excluding carboxylic acids is 1. The lowest BCUT2D eigenvalue weighted by Crippen LogP contribution is -2.18. The molecule has 82 valence electrons. The van der Waals surface area contributed by atoms with Crippen LogP contribution in [0.1, 0.15) is 31.9 Å². The van der Waals surface area contributed by atoms with Gasteiger partial charge in [-0.15, -0.1) is 0 Å². The van der Waals surface area contributed by atoms with E-state index < -0.39 is 0 Å². The van der Waals surface area contributed by atoms with E-state index in [2.05, 4.69) is 15.9 Å². The van der Waals surface area contributed by atoms with E-state index in [1.165, 1.54) is 0 Å². The van der Waals surface area contributed by atoms with Gasteiger partial charge in [-0.25, -0.2) is 0 Å². The van der Waals surface area contributed by atoms with Gasteiger partial charge in [0.15, 0.2) is 0 Å². The zero-order valence-corrected chi connectivity index (χ0v) is 10.5. The second kappa shape index (κ2) is 5.91. The van der Waals surface area contributed by atoms with Gasteiger partial charge in [0, 0.05) is 0 Å². The summed E-state index contributed by atoms with van der Waals surface area (Å²) in [5.74, 6) is -0.200. The third kappa shape index (κ3) is 3.67. The predicted molar refractivity (Wildman–Crippen MR) is 64.0 cm³/mol. The maximum Gasteiger partial charge on any atom is 0.320 e. The van der Waals surface area contributed by atoms with Crippen LogP contribution in [0.3, 0.4) is 0 Å². The fourth-order valence-corrected chi connectivity index (χ4v) is 1.31. The van der Waals surface area contributed by atoms with Gasteiger partial charge in [-0.05, 0) is 18.9 Å². The number of rotatable bonds is 4. The molecule has 0 aliphatic rings. The van der Waals surface area contributed by atoms with E-state index in [1.807, 2.05) is 44.2 Å². The van der Waals surface area contributed by atoms with Crippen LogP contribution < -0.4 is 0 Å². The van der Waals surface area contributed by atoms with Gasteiger partial charge in [0.05, 0.1) is 0 Å². The topological polar surface area (TPSA) is 26.3 Å². The van der Waals surface area contributed by atoms with E-state index in [4.69, 9.17) is 4.74 Å². The summed E-state index contributed by atoms with van der Waals surface area (Å²) in [6.07, 6.45) is 0.547. The lowest BCUT2D eigenvalue weighted by molar-refractivity contribution is -0.147. The second-order valence-electron chi connectivity index (χ2n) is 3.37. The summed E-state index contributed by atoms with van der Waals surface area (Å²) < 4.78 is 5.30. The van der Waals surface area contributed by atoms with Gasteiger partial charge in [0.25, 0.3) is 0 Å². The highest BCUT2D eigenvalue weighted by Gasteiger charge is 2.17. The number of ether oxygens (including phenoxy) is 1. The summed E-state index contributed by atoms with van der Waals surface area (Å²) >= 11 is 3.27. The van der Waals surface area contributed by atoms with Crippen LogP contribution in [0.4, 0.5) is 0 Å². The quantitative estimate of drug-likeness (QED) is 0.619. The predicted octanol–water partition coefficient (Wildman–Crippen LogP) is 3.46. The van der Waals surface area contributed by atoms with E-state index in [-0.39, 0.29) is 16.9 Å². The van der Waals surface area contributed by atoms with Crippen molar-refractivity contribution < 1.29 is 9.53 Å². The van der Waals surface area contributed by atoms with Gasteiger partial charge in [0.2, 0.25) is 0 Å². The number of alkyl halides is 1. The smallest absolute Gasteiger partial charge is 0.320 e. The van der Waals surface area contributed by atoms with Crippen molar-refractivity contribution in [2.75, 3.05) is 0 Å². The molecule has 1 aromatic rings. The summed E-state index contributed by atoms with van der Waals surface area (Å²) in [5.41, 5.74) is 1.02. The normalized spacial score (nSPS) is 14.3. The number of carbonyl (C=O) groups is 1. The number of hydrogen-bond donors (Lipinski definition) is 0. The molecule has 0 aliphatic carbocycles. The van der Waals surface area contributed by atoms with E-state index in [0.717, 1.165) is 12.0 Å². The van der Waals surface area contributed by atoms with Gasteiger partial charge < -0.3 is 4.74 Å². The minimum atomic E-state index is -0.205. The largest absolute Gasteiger partial charge is 0.457 e. The summed E-state index contributed by atoms with van der Waals surface area (Å²) in [7, 11) is 0. The highest BCUT2D eigenvalue weighted by atomic mass is 79.9. The molecule has 1 rings (SSSR count). The molecule has 0 saturated carbocycles. The summed E-state index contributed by atoms with van der Waals surface area (Å²) in [4.78, 5) is 11.3. The van der Waals surface area contributed by atoms with E-state index in [0.29, 0.717) is 0 Å². The summed E-state index contributed by atoms with van der Waals surface area (Å²) in [6.45, 7) is 3.82. The molecule has 0 heterocycles. The number of hydrogen-bond acceptors (Lipinski definition) is 2. The Kier molecular flexibility index (Phi) is 4.82. The first-order chi connectivity index (χ1) is 7.15. The van der Waals surface area contributed by atoms with Gasteiger partial charge in [0.1, 0.15) is 10.9 Å². The molecule has 15 heavy (non-hydrogen) atoms. The molecule has 1 aromatic carbocycles. The molecule has 2 unspecified atom stereocenters. The number of esters is 1. The molecule has 0 N–H and O–H groups in total. The Labute approximate surface area is 98.8 Å². The third-order valence-corrected chi connectivity index (χ3v) is 3.20. The Morgan fingerprint density at radius 1 is 1.40 bits per heavy atom. The Hall–Kier alpha value is -0.830. The van der Waals surface area contributed by atoms with Crippen molar-refractivity contribution in [3.8, 4) is 0 Å². The van der Waals surface area contributed by atoms with Crippen LogP contribution in [0.2, 0.25) is 0 Å². The number of benzene rings is 1. The average Bonchev–Trinajstić information content (AvgIpc) is 2.29. The lowest BCUT2D eigenvalue weighted by atomic mass is 10.1. The highest BCUT2D eigenvalue weighted by Crippen LogP contribution is 2.18. The molecule has 2 atom stereocenters. The fourth-order valence-electron chi connectivity index (χ4n) is 1.21. The van der Waals surface area contributed by atoms with Crippen LogP contribution in [-0.2, 0) is 9.53 Å². The molecule has 3 heteroatoms. The molecule has 0 fully saturated rings. The Morgan fingerprint density at radius 2 is 2.00 bits per heavy atom. The second-order valence-corrected chi connectivity index (χ2v) is 4.47. The maximum atomic E-state index is 11.5. The van der Waals surface area contributed by atoms with Crippen molar-refractivity contribution in [3.63, 3.8) is 0 Å². The minimum Gasteiger partial charge on any atom is -0.457 e. The average molecular weight is 271 g/mol. The lowest BCUT2D eigenvalue weighted by Gasteiger charge is -2.15. The summed E-state index contributed by atoms with van der Waals surface area (Å²) in [6, 6.07) is 9.72. The highest BCUT2D eigenvalue weighted by molar-refractivity contribution is 9.10. The first-order valence-electron chi connectivity index (χ1n) is 5.04. The van der Waals surface area contributed by atoms with Crippen LogP contribution in [-0.4, -0.2) is 10.8 Å². The first kappa shape index (κ1) is 12.2. The van der Waals surface area contributed by atoms with Crippen molar-refractivity contribution in [1.82, 2.24) is 0 Å². The fraction of sp³-hybridized carbons (Fsp3) is 0.417. The van der Waals surface area contributed by atoms with Crippen molar-refractivity contribution in [1.29, 1.82) is 0 Å². The third-order valence-electron chi connectivity index (χ3n) is 2.18. The minimum absolute atomic E-state index is 0.190. The molecular weight excluding hydrogens is 256 g/mol. The molecule has 0 bridgehead atoms. The van der Waals surface area contributed by atoms with E-state index >= 15 is 0 Å². The van der Waals surface area contributed by atoms with Crippen LogP contribution in [0.5, 0.6) is 0 Å². The maximum absolute atomic E-state index is 11.5. The number of halogens is 1. The van der Waals surface area contributed by atoms with Gasteiger partial charge in [-0.2, -0.15) is 0 Å². The Morgan fingerprint density at radius 3 is 2.53 bits per heavy atom. The standard InChI is InChI=1S/C12H15BrO2/c1-3-11(13)12(14)15-9(2)10-7-5-4-6-8-10/h4-9,11H,3H2,1-2H3. The molecule has 0 aliphatic heterocycles. The Bertz CT molecular complexity index is 311. The molecular formula is C12H15BrO2. The SMILES string of the molecule is CCC(Br)C(=O)OC(C)c1ccccc1. The molecule has 0 radical (unpaired) electrons. The van der Waals surface area contributed by atoms with Crippen molar-refractivity contribution >= 4 is 21.9 Å². The van der Waals surface area contributed by atoms with Crippen LogP contribution in [0, 0.1) is 0 Å². The monoisotopic (exact) mass is 270 g/mol. The van der Waals surface area contributed by atoms with Crippen LogP contribution in [0.15, 0.2) is 30.3 Å². The zero-order chi connectivity index (χ0) is 11.3. The molecule has 0 amide bonds. The van der Waals surface area contributed by atoms with Gasteiger partial charge in [-0.3, -0.25) is 4.79 Å². The molecule has 0 spiro atoms. The molecule has 0 saturated heterocycles. The van der Waals surface area contributed by atoms with Gasteiger partial charge >= 0.3 is 5.97 Å². The van der Waals surface area contributed by atoms with Crippen LogP contribution in [0.25, 0.3) is 0 Å². The van der Waals surface area contributed by atoms with Crippen LogP contribution >= 0.6 is 15.9 Å². The Balaban J connectivity index is 2.56. The van der Waals surface area contributed by atoms with Gasteiger partial charge in [-0.1, -0.05) is 53.2 Å². The van der Waals surface area contributed by atoms with E-state index in [9.17, 15) is 4.79 Å². The summed E-state index contributed by atoms with van der Waals surface area (Å²) in [5, 5.41) is 0. The van der Waals surface area contributed by atoms with Crippen molar-refractivity contribution in [2.45, 2.75) is 31.2 Å². The molecule has 2 nitrogen and oxygen atoms in total. The zero-order valence-electron chi connectivity index (χ0n) is 8.94. The van der Waals surface area contributed by atoms with Crippen molar-refractivity contribution in [3.05, 3.63) is 35.9 Å².